The molecule has 2 rings (SSSR count). The predicted octanol–water partition coefficient (Wildman–Crippen LogP) is 4.72. The number of hydrogen-bond donors (Lipinski definition) is 0. The largest absolute Gasteiger partial charge is 0.493 e. The zero-order chi connectivity index (χ0) is 12.1. The van der Waals surface area contributed by atoms with Gasteiger partial charge in [-0.25, -0.2) is 0 Å². The number of aryl methyl sites for hydroxylation is 1. The van der Waals surface area contributed by atoms with Gasteiger partial charge in [-0.1, -0.05) is 53.4 Å². The van der Waals surface area contributed by atoms with Crippen molar-refractivity contribution < 1.29 is 4.74 Å². The molecule has 1 fully saturated rings. The maximum absolute atomic E-state index is 6.04. The van der Waals surface area contributed by atoms with E-state index < -0.39 is 0 Å². The van der Waals surface area contributed by atoms with E-state index in [1.807, 2.05) is 6.07 Å². The molecule has 0 saturated heterocycles. The van der Waals surface area contributed by atoms with Crippen LogP contribution in [0.5, 0.6) is 5.75 Å². The summed E-state index contributed by atoms with van der Waals surface area (Å²) in [6.07, 6.45) is 6.68. The first-order valence-corrected chi connectivity index (χ1v) is 7.62. The van der Waals surface area contributed by atoms with Gasteiger partial charge in [0.1, 0.15) is 5.75 Å². The predicted molar refractivity (Wildman–Crippen MR) is 76.0 cm³/mol. The Kier molecular flexibility index (Phi) is 4.49. The van der Waals surface area contributed by atoms with Crippen LogP contribution in [0, 0.1) is 12.3 Å². The Morgan fingerprint density at radius 1 is 1.18 bits per heavy atom. The second-order valence-electron chi connectivity index (χ2n) is 5.25. The Labute approximate surface area is 113 Å². The molecule has 1 aromatic rings. The maximum atomic E-state index is 6.04. The summed E-state index contributed by atoms with van der Waals surface area (Å²) in [6.45, 7) is 2.96. The van der Waals surface area contributed by atoms with Crippen LogP contribution in [0.4, 0.5) is 0 Å². The summed E-state index contributed by atoms with van der Waals surface area (Å²) >= 11 is 3.68. The highest BCUT2D eigenvalue weighted by atomic mass is 79.9. The summed E-state index contributed by atoms with van der Waals surface area (Å²) in [6, 6.07) is 8.28. The lowest BCUT2D eigenvalue weighted by Gasteiger charge is -2.35. The second-order valence-corrected chi connectivity index (χ2v) is 5.81. The highest BCUT2D eigenvalue weighted by molar-refractivity contribution is 9.09. The van der Waals surface area contributed by atoms with Crippen LogP contribution in [0.15, 0.2) is 24.3 Å². The Morgan fingerprint density at radius 2 is 1.88 bits per heavy atom. The summed E-state index contributed by atoms with van der Waals surface area (Å²) in [5.74, 6) is 1.04. The van der Waals surface area contributed by atoms with Gasteiger partial charge in [-0.3, -0.25) is 0 Å². The molecule has 1 nitrogen and oxygen atoms in total. The van der Waals surface area contributed by atoms with E-state index in [0.29, 0.717) is 5.41 Å². The van der Waals surface area contributed by atoms with Crippen LogP contribution in [-0.4, -0.2) is 11.9 Å². The van der Waals surface area contributed by atoms with Crippen LogP contribution in [0.3, 0.4) is 0 Å². The second kappa shape index (κ2) is 5.90. The zero-order valence-electron chi connectivity index (χ0n) is 10.5. The first kappa shape index (κ1) is 12.9. The molecule has 1 aromatic carbocycles. The number of halogens is 1. The van der Waals surface area contributed by atoms with Crippen molar-refractivity contribution in [2.24, 2.45) is 5.41 Å². The number of benzene rings is 1. The molecule has 0 unspecified atom stereocenters. The molecule has 1 saturated carbocycles. The van der Waals surface area contributed by atoms with Crippen molar-refractivity contribution >= 4 is 15.9 Å². The number of alkyl halides is 1. The van der Waals surface area contributed by atoms with E-state index in [9.17, 15) is 0 Å². The van der Waals surface area contributed by atoms with E-state index >= 15 is 0 Å². The molecule has 0 bridgehead atoms. The average Bonchev–Trinajstić information content (AvgIpc) is 2.39. The molecule has 0 spiro atoms. The molecule has 0 amide bonds. The van der Waals surface area contributed by atoms with Crippen LogP contribution in [0.1, 0.15) is 37.7 Å². The molecule has 2 heteroatoms. The Balaban J connectivity index is 1.98. The average molecular weight is 297 g/mol. The van der Waals surface area contributed by atoms with Gasteiger partial charge < -0.3 is 4.74 Å². The quantitative estimate of drug-likeness (QED) is 0.731. The van der Waals surface area contributed by atoms with Gasteiger partial charge in [-0.15, -0.1) is 0 Å². The lowest BCUT2D eigenvalue weighted by atomic mass is 9.76. The van der Waals surface area contributed by atoms with Crippen LogP contribution in [0.25, 0.3) is 0 Å². The van der Waals surface area contributed by atoms with Crippen molar-refractivity contribution in [3.05, 3.63) is 29.8 Å². The van der Waals surface area contributed by atoms with Crippen molar-refractivity contribution in [2.75, 3.05) is 11.9 Å². The molecule has 94 valence electrons. The van der Waals surface area contributed by atoms with Crippen LogP contribution in [-0.2, 0) is 0 Å². The molecular weight excluding hydrogens is 276 g/mol. The summed E-state index contributed by atoms with van der Waals surface area (Å²) in [7, 11) is 0. The number of ether oxygens (including phenoxy) is 1. The summed E-state index contributed by atoms with van der Waals surface area (Å²) < 4.78 is 6.04. The SMILES string of the molecule is Cc1ccccc1OCC1(CBr)CCCCC1. The van der Waals surface area contributed by atoms with Gasteiger partial charge in [0, 0.05) is 10.7 Å². The standard InChI is InChI=1S/C15H21BrO/c1-13-7-3-4-8-14(13)17-12-15(11-16)9-5-2-6-10-15/h3-4,7-8H,2,5-6,9-12H2,1H3. The van der Waals surface area contributed by atoms with E-state index in [1.54, 1.807) is 0 Å². The van der Waals surface area contributed by atoms with E-state index in [1.165, 1.54) is 37.7 Å². The lowest BCUT2D eigenvalue weighted by Crippen LogP contribution is -2.32. The molecule has 0 aliphatic heterocycles. The minimum absolute atomic E-state index is 0.362. The lowest BCUT2D eigenvalue weighted by molar-refractivity contribution is 0.121. The van der Waals surface area contributed by atoms with Crippen molar-refractivity contribution in [1.82, 2.24) is 0 Å². The summed E-state index contributed by atoms with van der Waals surface area (Å²) in [5, 5.41) is 1.06. The number of rotatable bonds is 4. The fourth-order valence-electron chi connectivity index (χ4n) is 2.57. The van der Waals surface area contributed by atoms with Gasteiger partial charge in [0.2, 0.25) is 0 Å². The van der Waals surface area contributed by atoms with Crippen LogP contribution in [0.2, 0.25) is 0 Å². The highest BCUT2D eigenvalue weighted by Gasteiger charge is 2.31. The van der Waals surface area contributed by atoms with Gasteiger partial charge in [0.15, 0.2) is 0 Å². The first-order valence-electron chi connectivity index (χ1n) is 6.50. The highest BCUT2D eigenvalue weighted by Crippen LogP contribution is 2.38. The van der Waals surface area contributed by atoms with Crippen LogP contribution < -0.4 is 4.74 Å². The third kappa shape index (κ3) is 3.25. The monoisotopic (exact) mass is 296 g/mol. The van der Waals surface area contributed by atoms with Crippen molar-refractivity contribution in [1.29, 1.82) is 0 Å². The Morgan fingerprint density at radius 3 is 2.53 bits per heavy atom. The van der Waals surface area contributed by atoms with Crippen molar-refractivity contribution in [3.8, 4) is 5.75 Å². The van der Waals surface area contributed by atoms with Gasteiger partial charge in [0.05, 0.1) is 6.61 Å². The summed E-state index contributed by atoms with van der Waals surface area (Å²) in [5.41, 5.74) is 1.59. The van der Waals surface area contributed by atoms with Gasteiger partial charge in [0.25, 0.3) is 0 Å². The Hall–Kier alpha value is -0.500. The van der Waals surface area contributed by atoms with Crippen molar-refractivity contribution in [3.63, 3.8) is 0 Å². The normalized spacial score (nSPS) is 18.9. The molecule has 0 N–H and O–H groups in total. The third-order valence-corrected chi connectivity index (χ3v) is 5.01. The number of hydrogen-bond acceptors (Lipinski definition) is 1. The maximum Gasteiger partial charge on any atom is 0.122 e. The molecule has 1 aliphatic carbocycles. The van der Waals surface area contributed by atoms with E-state index in [0.717, 1.165) is 17.7 Å². The Bertz CT molecular complexity index is 356. The first-order chi connectivity index (χ1) is 8.26. The fraction of sp³-hybridized carbons (Fsp3) is 0.600. The number of para-hydroxylation sites is 1. The van der Waals surface area contributed by atoms with E-state index in [-0.39, 0.29) is 0 Å². The van der Waals surface area contributed by atoms with Crippen molar-refractivity contribution in [2.45, 2.75) is 39.0 Å². The minimum atomic E-state index is 0.362. The van der Waals surface area contributed by atoms with Gasteiger partial charge >= 0.3 is 0 Å². The van der Waals surface area contributed by atoms with E-state index in [2.05, 4.69) is 41.1 Å². The topological polar surface area (TPSA) is 9.23 Å². The summed E-state index contributed by atoms with van der Waals surface area (Å²) in [4.78, 5) is 0. The molecule has 1 aliphatic rings. The molecule has 0 atom stereocenters. The molecular formula is C15H21BrO. The van der Waals surface area contributed by atoms with Gasteiger partial charge in [-0.05, 0) is 31.4 Å². The smallest absolute Gasteiger partial charge is 0.122 e. The van der Waals surface area contributed by atoms with Crippen LogP contribution >= 0.6 is 15.9 Å². The fourth-order valence-corrected chi connectivity index (χ4v) is 3.29. The third-order valence-electron chi connectivity index (χ3n) is 3.83. The molecule has 0 heterocycles. The minimum Gasteiger partial charge on any atom is -0.493 e. The zero-order valence-corrected chi connectivity index (χ0v) is 12.1. The molecule has 0 aromatic heterocycles. The molecule has 17 heavy (non-hydrogen) atoms. The molecule has 0 radical (unpaired) electrons. The van der Waals surface area contributed by atoms with Gasteiger partial charge in [-0.2, -0.15) is 0 Å². The van der Waals surface area contributed by atoms with E-state index in [4.69, 9.17) is 4.74 Å².